The number of hydrogen-bond donors (Lipinski definition) is 2. The topological polar surface area (TPSA) is 92.5 Å². The largest absolute Gasteiger partial charge is 0.478 e. The van der Waals surface area contributed by atoms with E-state index in [-0.39, 0.29) is 16.9 Å². The molecule has 0 saturated carbocycles. The Balaban J connectivity index is 2.24. The highest BCUT2D eigenvalue weighted by molar-refractivity contribution is 5.94. The van der Waals surface area contributed by atoms with Crippen molar-refractivity contribution in [3.63, 3.8) is 0 Å². The lowest BCUT2D eigenvalue weighted by atomic mass is 10.1. The Morgan fingerprint density at radius 2 is 1.90 bits per heavy atom. The van der Waals surface area contributed by atoms with Crippen LogP contribution >= 0.6 is 0 Å². The van der Waals surface area contributed by atoms with Gasteiger partial charge in [-0.05, 0) is 18.6 Å². The first-order valence-corrected chi connectivity index (χ1v) is 6.28. The van der Waals surface area contributed by atoms with Crippen molar-refractivity contribution in [3.8, 4) is 0 Å². The summed E-state index contributed by atoms with van der Waals surface area (Å²) in [5, 5.41) is 22.8. The standard InChI is InChI=1S/C15H14N2O4/c1-10-2-4-11(5-3-10)9-16-14-8-12(17(20)21)6-7-13(14)15(18)19/h2-8,16H,9H2,1H3,(H,18,19). The number of carboxylic acid groups (broad SMARTS) is 1. The minimum atomic E-state index is -1.13. The van der Waals surface area contributed by atoms with Gasteiger partial charge in [-0.15, -0.1) is 0 Å². The second-order valence-corrected chi connectivity index (χ2v) is 4.63. The van der Waals surface area contributed by atoms with Crippen LogP contribution < -0.4 is 5.32 Å². The number of nitrogens with zero attached hydrogens (tertiary/aromatic N) is 1. The third kappa shape index (κ3) is 3.56. The number of aromatic carboxylic acids is 1. The maximum atomic E-state index is 11.1. The van der Waals surface area contributed by atoms with Crippen LogP contribution in [0.3, 0.4) is 0 Å². The number of hydrogen-bond acceptors (Lipinski definition) is 4. The smallest absolute Gasteiger partial charge is 0.337 e. The van der Waals surface area contributed by atoms with Crippen LogP contribution in [0.2, 0.25) is 0 Å². The molecule has 2 aromatic carbocycles. The summed E-state index contributed by atoms with van der Waals surface area (Å²) in [6.45, 7) is 2.36. The van der Waals surface area contributed by atoms with Crippen molar-refractivity contribution >= 4 is 17.3 Å². The molecule has 0 saturated heterocycles. The Labute approximate surface area is 121 Å². The number of nitro benzene ring substituents is 1. The first-order chi connectivity index (χ1) is 9.97. The van der Waals surface area contributed by atoms with Crippen molar-refractivity contribution in [1.29, 1.82) is 0 Å². The van der Waals surface area contributed by atoms with E-state index in [1.54, 1.807) is 0 Å². The average Bonchev–Trinajstić information content (AvgIpc) is 2.46. The van der Waals surface area contributed by atoms with Gasteiger partial charge in [0, 0.05) is 18.7 Å². The van der Waals surface area contributed by atoms with Crippen molar-refractivity contribution in [1.82, 2.24) is 0 Å². The molecule has 2 N–H and O–H groups in total. The summed E-state index contributed by atoms with van der Waals surface area (Å²) in [6, 6.07) is 11.4. The zero-order valence-corrected chi connectivity index (χ0v) is 11.4. The summed E-state index contributed by atoms with van der Waals surface area (Å²) in [4.78, 5) is 21.4. The van der Waals surface area contributed by atoms with Gasteiger partial charge in [0.05, 0.1) is 16.2 Å². The van der Waals surface area contributed by atoms with Gasteiger partial charge in [-0.2, -0.15) is 0 Å². The third-order valence-corrected chi connectivity index (χ3v) is 3.05. The van der Waals surface area contributed by atoms with E-state index in [1.165, 1.54) is 18.2 Å². The summed E-state index contributed by atoms with van der Waals surface area (Å²) < 4.78 is 0. The molecule has 0 unspecified atom stereocenters. The molecule has 0 aliphatic carbocycles. The van der Waals surface area contributed by atoms with Crippen LogP contribution in [0, 0.1) is 17.0 Å². The molecule has 0 aromatic heterocycles. The molecular weight excluding hydrogens is 272 g/mol. The van der Waals surface area contributed by atoms with Crippen molar-refractivity contribution in [2.45, 2.75) is 13.5 Å². The fourth-order valence-corrected chi connectivity index (χ4v) is 1.88. The SMILES string of the molecule is Cc1ccc(CNc2cc([N+](=O)[O-])ccc2C(=O)O)cc1. The average molecular weight is 286 g/mol. The van der Waals surface area contributed by atoms with Crippen LogP contribution in [0.1, 0.15) is 21.5 Å². The molecule has 2 rings (SSSR count). The molecule has 0 amide bonds. The molecule has 6 heteroatoms. The van der Waals surface area contributed by atoms with Crippen molar-refractivity contribution in [3.05, 3.63) is 69.3 Å². The maximum Gasteiger partial charge on any atom is 0.337 e. The lowest BCUT2D eigenvalue weighted by Gasteiger charge is -2.10. The highest BCUT2D eigenvalue weighted by atomic mass is 16.6. The van der Waals surface area contributed by atoms with E-state index in [0.29, 0.717) is 6.54 Å². The first-order valence-electron chi connectivity index (χ1n) is 6.28. The minimum Gasteiger partial charge on any atom is -0.478 e. The fraction of sp³-hybridized carbons (Fsp3) is 0.133. The van der Waals surface area contributed by atoms with Crippen LogP contribution in [0.15, 0.2) is 42.5 Å². The quantitative estimate of drug-likeness (QED) is 0.650. The van der Waals surface area contributed by atoms with E-state index < -0.39 is 10.9 Å². The fourth-order valence-electron chi connectivity index (χ4n) is 1.88. The van der Waals surface area contributed by atoms with Crippen molar-refractivity contribution in [2.24, 2.45) is 0 Å². The molecular formula is C15H14N2O4. The highest BCUT2D eigenvalue weighted by Gasteiger charge is 2.15. The van der Waals surface area contributed by atoms with Crippen LogP contribution in [0.5, 0.6) is 0 Å². The van der Waals surface area contributed by atoms with Crippen LogP contribution in [-0.2, 0) is 6.54 Å². The van der Waals surface area contributed by atoms with Gasteiger partial charge >= 0.3 is 5.97 Å². The Bertz CT molecular complexity index is 681. The van der Waals surface area contributed by atoms with E-state index in [0.717, 1.165) is 11.1 Å². The van der Waals surface area contributed by atoms with E-state index in [4.69, 9.17) is 5.11 Å². The lowest BCUT2D eigenvalue weighted by Crippen LogP contribution is -2.07. The number of anilines is 1. The van der Waals surface area contributed by atoms with E-state index in [1.807, 2.05) is 31.2 Å². The number of nitrogens with one attached hydrogen (secondary N) is 1. The predicted molar refractivity (Wildman–Crippen MR) is 78.6 cm³/mol. The molecule has 21 heavy (non-hydrogen) atoms. The van der Waals surface area contributed by atoms with Gasteiger partial charge < -0.3 is 10.4 Å². The minimum absolute atomic E-state index is 0.00714. The first kappa shape index (κ1) is 14.5. The molecule has 0 aliphatic rings. The Morgan fingerprint density at radius 1 is 1.24 bits per heavy atom. The zero-order chi connectivity index (χ0) is 15.4. The van der Waals surface area contributed by atoms with Gasteiger partial charge in [0.1, 0.15) is 0 Å². The second-order valence-electron chi connectivity index (χ2n) is 4.63. The molecule has 0 radical (unpaired) electrons. The molecule has 2 aromatic rings. The van der Waals surface area contributed by atoms with Gasteiger partial charge in [-0.1, -0.05) is 29.8 Å². The molecule has 0 fully saturated rings. The van der Waals surface area contributed by atoms with E-state index in [2.05, 4.69) is 5.32 Å². The Hall–Kier alpha value is -2.89. The van der Waals surface area contributed by atoms with Crippen LogP contribution in [-0.4, -0.2) is 16.0 Å². The molecule has 0 heterocycles. The highest BCUT2D eigenvalue weighted by Crippen LogP contribution is 2.23. The predicted octanol–water partition coefficient (Wildman–Crippen LogP) is 3.21. The zero-order valence-electron chi connectivity index (χ0n) is 11.4. The van der Waals surface area contributed by atoms with E-state index >= 15 is 0 Å². The van der Waals surface area contributed by atoms with Gasteiger partial charge in [0.2, 0.25) is 0 Å². The second kappa shape index (κ2) is 6.04. The molecule has 0 aliphatic heterocycles. The molecule has 6 nitrogen and oxygen atoms in total. The van der Waals surface area contributed by atoms with Gasteiger partial charge in [-0.3, -0.25) is 10.1 Å². The summed E-state index contributed by atoms with van der Waals surface area (Å²) in [7, 11) is 0. The van der Waals surface area contributed by atoms with Crippen LogP contribution in [0.4, 0.5) is 11.4 Å². The van der Waals surface area contributed by atoms with Crippen molar-refractivity contribution in [2.75, 3.05) is 5.32 Å². The normalized spacial score (nSPS) is 10.1. The summed E-state index contributed by atoms with van der Waals surface area (Å²) >= 11 is 0. The van der Waals surface area contributed by atoms with Gasteiger partial charge in [-0.25, -0.2) is 4.79 Å². The number of carboxylic acids is 1. The number of non-ortho nitro benzene ring substituents is 1. The molecule has 0 bridgehead atoms. The molecule has 0 spiro atoms. The third-order valence-electron chi connectivity index (χ3n) is 3.05. The number of carbonyl (C=O) groups is 1. The summed E-state index contributed by atoms with van der Waals surface area (Å²) in [5.74, 6) is -1.13. The molecule has 0 atom stereocenters. The van der Waals surface area contributed by atoms with Gasteiger partial charge in [0.25, 0.3) is 5.69 Å². The number of aryl methyl sites for hydroxylation is 1. The Kier molecular flexibility index (Phi) is 4.18. The number of rotatable bonds is 5. The monoisotopic (exact) mass is 286 g/mol. The summed E-state index contributed by atoms with van der Waals surface area (Å²) in [6.07, 6.45) is 0. The number of nitro groups is 1. The van der Waals surface area contributed by atoms with Crippen LogP contribution in [0.25, 0.3) is 0 Å². The lowest BCUT2D eigenvalue weighted by molar-refractivity contribution is -0.384. The van der Waals surface area contributed by atoms with Gasteiger partial charge in [0.15, 0.2) is 0 Å². The van der Waals surface area contributed by atoms with Crippen molar-refractivity contribution < 1.29 is 14.8 Å². The number of benzene rings is 2. The molecule has 108 valence electrons. The summed E-state index contributed by atoms with van der Waals surface area (Å²) in [5.41, 5.74) is 2.18. The maximum absolute atomic E-state index is 11.1. The van der Waals surface area contributed by atoms with E-state index in [9.17, 15) is 14.9 Å². The Morgan fingerprint density at radius 3 is 2.48 bits per heavy atom.